The summed E-state index contributed by atoms with van der Waals surface area (Å²) in [5.74, 6) is 9.91. The Labute approximate surface area is 130 Å². The molecule has 0 aliphatic carbocycles. The van der Waals surface area contributed by atoms with Gasteiger partial charge >= 0.3 is 6.18 Å². The maximum absolute atomic E-state index is 12.9. The first-order valence-electron chi connectivity index (χ1n) is 7.37. The van der Waals surface area contributed by atoms with Crippen LogP contribution in [0.4, 0.5) is 13.2 Å². The number of rotatable bonds is 4. The van der Waals surface area contributed by atoms with E-state index in [1.807, 2.05) is 0 Å². The van der Waals surface area contributed by atoms with Crippen molar-refractivity contribution in [1.29, 1.82) is 0 Å². The molecule has 0 radical (unpaired) electrons. The van der Waals surface area contributed by atoms with E-state index in [9.17, 15) is 13.2 Å². The van der Waals surface area contributed by atoms with Gasteiger partial charge in [0.05, 0.1) is 0 Å². The van der Waals surface area contributed by atoms with E-state index in [4.69, 9.17) is 0 Å². The SMILES string of the molecule is CCCCCCC#C/C=C(\C#Cc1ccccc1)C(F)(F)F. The van der Waals surface area contributed by atoms with Crippen molar-refractivity contribution in [3.05, 3.63) is 47.5 Å². The average molecular weight is 304 g/mol. The molecule has 0 fully saturated rings. The maximum atomic E-state index is 12.9. The van der Waals surface area contributed by atoms with Crippen LogP contribution in [0.3, 0.4) is 0 Å². The summed E-state index contributed by atoms with van der Waals surface area (Å²) >= 11 is 0. The maximum Gasteiger partial charge on any atom is 0.424 e. The number of unbranched alkanes of at least 4 members (excludes halogenated alkanes) is 4. The Balaban J connectivity index is 2.72. The molecule has 116 valence electrons. The summed E-state index contributed by atoms with van der Waals surface area (Å²) in [6.07, 6.45) is 1.26. The average Bonchev–Trinajstić information content (AvgIpc) is 2.49. The highest BCUT2D eigenvalue weighted by Crippen LogP contribution is 2.24. The monoisotopic (exact) mass is 304 g/mol. The van der Waals surface area contributed by atoms with Gasteiger partial charge in [0.1, 0.15) is 5.57 Å². The molecule has 0 bridgehead atoms. The lowest BCUT2D eigenvalue weighted by molar-refractivity contribution is -0.0871. The fourth-order valence-corrected chi connectivity index (χ4v) is 1.69. The van der Waals surface area contributed by atoms with Crippen molar-refractivity contribution in [2.45, 2.75) is 45.2 Å². The molecule has 0 unspecified atom stereocenters. The van der Waals surface area contributed by atoms with E-state index in [1.54, 1.807) is 30.3 Å². The Kier molecular flexibility index (Phi) is 7.94. The smallest absolute Gasteiger partial charge is 0.165 e. The van der Waals surface area contributed by atoms with Gasteiger partial charge in [0.2, 0.25) is 0 Å². The Morgan fingerprint density at radius 2 is 1.82 bits per heavy atom. The molecule has 3 heteroatoms. The van der Waals surface area contributed by atoms with E-state index >= 15 is 0 Å². The fourth-order valence-electron chi connectivity index (χ4n) is 1.69. The predicted molar refractivity (Wildman–Crippen MR) is 84.0 cm³/mol. The number of benzene rings is 1. The summed E-state index contributed by atoms with van der Waals surface area (Å²) < 4.78 is 38.6. The van der Waals surface area contributed by atoms with Gasteiger partial charge in [0.25, 0.3) is 0 Å². The third-order valence-corrected chi connectivity index (χ3v) is 2.89. The van der Waals surface area contributed by atoms with Crippen molar-refractivity contribution >= 4 is 0 Å². The number of halogens is 3. The van der Waals surface area contributed by atoms with Crippen LogP contribution in [0.1, 0.15) is 44.6 Å². The zero-order valence-corrected chi connectivity index (χ0v) is 12.6. The largest absolute Gasteiger partial charge is 0.424 e. The van der Waals surface area contributed by atoms with Crippen LogP contribution in [0.25, 0.3) is 0 Å². The highest BCUT2D eigenvalue weighted by atomic mass is 19.4. The lowest BCUT2D eigenvalue weighted by atomic mass is 10.1. The third kappa shape index (κ3) is 7.60. The topological polar surface area (TPSA) is 0 Å². The molecule has 1 rings (SSSR count). The standard InChI is InChI=1S/C19H19F3/c1-2-3-4-5-6-7-11-14-18(19(20,21)22)16-15-17-12-9-8-10-13-17/h8-10,12-14H,2-6H2,1H3/b18-14+. The van der Waals surface area contributed by atoms with Crippen molar-refractivity contribution < 1.29 is 13.2 Å². The van der Waals surface area contributed by atoms with Gasteiger partial charge in [-0.15, -0.1) is 0 Å². The highest BCUT2D eigenvalue weighted by Gasteiger charge is 2.32. The molecular weight excluding hydrogens is 285 g/mol. The molecular formula is C19H19F3. The van der Waals surface area contributed by atoms with E-state index in [2.05, 4.69) is 30.6 Å². The molecule has 1 aromatic rings. The molecule has 22 heavy (non-hydrogen) atoms. The van der Waals surface area contributed by atoms with Crippen LogP contribution in [-0.4, -0.2) is 6.18 Å². The molecule has 0 atom stereocenters. The Bertz CT molecular complexity index is 587. The molecule has 0 amide bonds. The Morgan fingerprint density at radius 3 is 2.45 bits per heavy atom. The highest BCUT2D eigenvalue weighted by molar-refractivity contribution is 5.44. The minimum Gasteiger partial charge on any atom is -0.165 e. The molecule has 0 N–H and O–H groups in total. The molecule has 0 saturated heterocycles. The van der Waals surface area contributed by atoms with Gasteiger partial charge in [-0.1, -0.05) is 68.1 Å². The molecule has 0 nitrogen and oxygen atoms in total. The van der Waals surface area contributed by atoms with E-state index in [1.165, 1.54) is 0 Å². The summed E-state index contributed by atoms with van der Waals surface area (Å²) in [4.78, 5) is 0. The number of hydrogen-bond acceptors (Lipinski definition) is 0. The second kappa shape index (κ2) is 9.74. The van der Waals surface area contributed by atoms with Gasteiger partial charge in [-0.2, -0.15) is 13.2 Å². The van der Waals surface area contributed by atoms with Crippen LogP contribution in [-0.2, 0) is 0 Å². The van der Waals surface area contributed by atoms with E-state index in [0.717, 1.165) is 31.8 Å². The number of hydrogen-bond donors (Lipinski definition) is 0. The van der Waals surface area contributed by atoms with Crippen LogP contribution in [0.2, 0.25) is 0 Å². The normalized spacial score (nSPS) is 11.2. The van der Waals surface area contributed by atoms with Gasteiger partial charge in [0, 0.05) is 18.1 Å². The second-order valence-corrected chi connectivity index (χ2v) is 4.80. The molecule has 0 spiro atoms. The van der Waals surface area contributed by atoms with Crippen LogP contribution in [0, 0.1) is 23.7 Å². The van der Waals surface area contributed by atoms with Gasteiger partial charge in [0.15, 0.2) is 0 Å². The Morgan fingerprint density at radius 1 is 1.09 bits per heavy atom. The summed E-state index contributed by atoms with van der Waals surface area (Å²) in [7, 11) is 0. The minimum atomic E-state index is -4.47. The second-order valence-electron chi connectivity index (χ2n) is 4.80. The van der Waals surface area contributed by atoms with Crippen molar-refractivity contribution in [2.75, 3.05) is 0 Å². The first kappa shape index (κ1) is 17.9. The third-order valence-electron chi connectivity index (χ3n) is 2.89. The molecule has 0 aromatic heterocycles. The van der Waals surface area contributed by atoms with Crippen molar-refractivity contribution in [1.82, 2.24) is 0 Å². The molecule has 0 heterocycles. The van der Waals surface area contributed by atoms with Crippen molar-refractivity contribution in [3.8, 4) is 23.7 Å². The quantitative estimate of drug-likeness (QED) is 0.509. The number of alkyl halides is 3. The van der Waals surface area contributed by atoms with Gasteiger partial charge in [-0.3, -0.25) is 0 Å². The molecule has 0 aliphatic heterocycles. The van der Waals surface area contributed by atoms with Crippen LogP contribution >= 0.6 is 0 Å². The summed E-state index contributed by atoms with van der Waals surface area (Å²) in [5, 5.41) is 0. The number of allylic oxidation sites excluding steroid dienone is 2. The lowest BCUT2D eigenvalue weighted by Crippen LogP contribution is -2.10. The summed E-state index contributed by atoms with van der Waals surface area (Å²) in [6.45, 7) is 2.11. The van der Waals surface area contributed by atoms with Gasteiger partial charge < -0.3 is 0 Å². The molecule has 0 aliphatic rings. The van der Waals surface area contributed by atoms with Gasteiger partial charge in [-0.05, 0) is 18.6 Å². The van der Waals surface area contributed by atoms with E-state index < -0.39 is 11.7 Å². The fraction of sp³-hybridized carbons (Fsp3) is 0.368. The van der Waals surface area contributed by atoms with Crippen molar-refractivity contribution in [3.63, 3.8) is 0 Å². The van der Waals surface area contributed by atoms with E-state index in [-0.39, 0.29) is 0 Å². The summed E-state index contributed by atoms with van der Waals surface area (Å²) in [6, 6.07) is 8.59. The molecule has 0 saturated carbocycles. The van der Waals surface area contributed by atoms with Crippen LogP contribution in [0.15, 0.2) is 42.0 Å². The first-order chi connectivity index (χ1) is 10.5. The predicted octanol–water partition coefficient (Wildman–Crippen LogP) is 5.50. The Hall–Kier alpha value is -2.13. The first-order valence-corrected chi connectivity index (χ1v) is 7.37. The van der Waals surface area contributed by atoms with Crippen LogP contribution < -0.4 is 0 Å². The minimum absolute atomic E-state index is 0.546. The zero-order valence-electron chi connectivity index (χ0n) is 12.6. The van der Waals surface area contributed by atoms with Crippen LogP contribution in [0.5, 0.6) is 0 Å². The van der Waals surface area contributed by atoms with Crippen molar-refractivity contribution in [2.24, 2.45) is 0 Å². The summed E-state index contributed by atoms with van der Waals surface area (Å²) in [5.41, 5.74) is -0.359. The zero-order chi connectivity index (χ0) is 16.3. The lowest BCUT2D eigenvalue weighted by Gasteiger charge is -2.03. The van der Waals surface area contributed by atoms with Gasteiger partial charge in [-0.25, -0.2) is 0 Å². The van der Waals surface area contributed by atoms with E-state index in [0.29, 0.717) is 12.0 Å². The molecule has 1 aromatic carbocycles.